The molecule has 0 bridgehead atoms. The van der Waals surface area contributed by atoms with Crippen molar-refractivity contribution < 1.29 is 5.11 Å². The molecular weight excluding hydrogens is 124 g/mol. The van der Waals surface area contributed by atoms with Crippen LogP contribution in [-0.4, -0.2) is 11.2 Å². The number of aliphatic hydroxyl groups excluding tert-OH is 1. The molecule has 0 aromatic rings. The Morgan fingerprint density at radius 3 is 2.60 bits per heavy atom. The second kappa shape index (κ2) is 3.97. The van der Waals surface area contributed by atoms with Crippen LogP contribution in [0.4, 0.5) is 0 Å². The first-order valence-electron chi connectivity index (χ1n) is 4.51. The highest BCUT2D eigenvalue weighted by molar-refractivity contribution is 4.74. The lowest BCUT2D eigenvalue weighted by atomic mass is 10.1. The van der Waals surface area contributed by atoms with Crippen molar-refractivity contribution in [3.63, 3.8) is 0 Å². The summed E-state index contributed by atoms with van der Waals surface area (Å²) in [4.78, 5) is 0. The molecule has 1 saturated carbocycles. The Hall–Kier alpha value is -0.0400. The van der Waals surface area contributed by atoms with Gasteiger partial charge in [0.2, 0.25) is 0 Å². The van der Waals surface area contributed by atoms with Crippen LogP contribution in [-0.2, 0) is 0 Å². The quantitative estimate of drug-likeness (QED) is 0.624. The topological polar surface area (TPSA) is 20.2 Å². The highest BCUT2D eigenvalue weighted by atomic mass is 16.3. The molecule has 1 aliphatic rings. The SMILES string of the molecule is CCC[C@H](O)CCC1CC1. The zero-order valence-corrected chi connectivity index (χ0v) is 6.84. The zero-order valence-electron chi connectivity index (χ0n) is 6.84. The lowest BCUT2D eigenvalue weighted by molar-refractivity contribution is 0.149. The standard InChI is InChI=1S/C9H18O/c1-2-3-9(10)7-6-8-4-5-8/h8-10H,2-7H2,1H3/t9-/m0/s1. The smallest absolute Gasteiger partial charge is 0.0540 e. The molecule has 0 saturated heterocycles. The molecule has 0 aromatic carbocycles. The van der Waals surface area contributed by atoms with Gasteiger partial charge < -0.3 is 5.11 Å². The van der Waals surface area contributed by atoms with E-state index < -0.39 is 0 Å². The minimum atomic E-state index is -0.00870. The monoisotopic (exact) mass is 142 g/mol. The average Bonchev–Trinajstić information content (AvgIpc) is 2.67. The maximum atomic E-state index is 9.33. The third-order valence-corrected chi connectivity index (χ3v) is 2.23. The van der Waals surface area contributed by atoms with Crippen LogP contribution in [0.5, 0.6) is 0 Å². The summed E-state index contributed by atoms with van der Waals surface area (Å²) in [6.07, 6.45) is 7.24. The third kappa shape index (κ3) is 3.21. The van der Waals surface area contributed by atoms with E-state index in [0.717, 1.165) is 25.2 Å². The number of aliphatic hydroxyl groups is 1. The van der Waals surface area contributed by atoms with Gasteiger partial charge in [-0.15, -0.1) is 0 Å². The van der Waals surface area contributed by atoms with Gasteiger partial charge in [-0.3, -0.25) is 0 Å². The molecule has 1 atom stereocenters. The average molecular weight is 142 g/mol. The van der Waals surface area contributed by atoms with E-state index in [1.54, 1.807) is 0 Å². The molecule has 1 rings (SSSR count). The molecule has 0 aromatic heterocycles. The van der Waals surface area contributed by atoms with Crippen LogP contribution in [0.25, 0.3) is 0 Å². The largest absolute Gasteiger partial charge is 0.393 e. The second-order valence-electron chi connectivity index (χ2n) is 3.46. The van der Waals surface area contributed by atoms with Crippen molar-refractivity contribution in [3.8, 4) is 0 Å². The maximum absolute atomic E-state index is 9.33. The van der Waals surface area contributed by atoms with E-state index in [0.29, 0.717) is 0 Å². The first-order chi connectivity index (χ1) is 4.83. The van der Waals surface area contributed by atoms with E-state index in [1.807, 2.05) is 0 Å². The molecule has 10 heavy (non-hydrogen) atoms. The van der Waals surface area contributed by atoms with Crippen molar-refractivity contribution >= 4 is 0 Å². The zero-order chi connectivity index (χ0) is 7.40. The van der Waals surface area contributed by atoms with Crippen LogP contribution in [0.15, 0.2) is 0 Å². The summed E-state index contributed by atoms with van der Waals surface area (Å²) in [7, 11) is 0. The normalized spacial score (nSPS) is 21.0. The van der Waals surface area contributed by atoms with E-state index >= 15 is 0 Å². The van der Waals surface area contributed by atoms with Gasteiger partial charge in [-0.25, -0.2) is 0 Å². The summed E-state index contributed by atoms with van der Waals surface area (Å²) in [5.41, 5.74) is 0. The molecule has 1 aliphatic carbocycles. The molecular formula is C9H18O. The molecule has 60 valence electrons. The van der Waals surface area contributed by atoms with Crippen molar-refractivity contribution in [2.24, 2.45) is 5.92 Å². The Balaban J connectivity index is 1.89. The van der Waals surface area contributed by atoms with Gasteiger partial charge in [-0.2, -0.15) is 0 Å². The Kier molecular flexibility index (Phi) is 3.20. The fraction of sp³-hybridized carbons (Fsp3) is 1.00. The summed E-state index contributed by atoms with van der Waals surface area (Å²) in [5, 5.41) is 9.33. The first-order valence-corrected chi connectivity index (χ1v) is 4.51. The van der Waals surface area contributed by atoms with Crippen LogP contribution in [0.3, 0.4) is 0 Å². The molecule has 1 nitrogen and oxygen atoms in total. The van der Waals surface area contributed by atoms with Crippen molar-refractivity contribution in [1.29, 1.82) is 0 Å². The van der Waals surface area contributed by atoms with E-state index in [9.17, 15) is 5.11 Å². The van der Waals surface area contributed by atoms with Gasteiger partial charge in [0.25, 0.3) is 0 Å². The molecule has 1 fully saturated rings. The highest BCUT2D eigenvalue weighted by Crippen LogP contribution is 2.34. The van der Waals surface area contributed by atoms with Crippen LogP contribution >= 0.6 is 0 Å². The Bertz CT molecular complexity index is 86.7. The van der Waals surface area contributed by atoms with E-state index in [2.05, 4.69) is 6.92 Å². The fourth-order valence-corrected chi connectivity index (χ4v) is 1.31. The minimum Gasteiger partial charge on any atom is -0.393 e. The van der Waals surface area contributed by atoms with E-state index in [1.165, 1.54) is 19.3 Å². The summed E-state index contributed by atoms with van der Waals surface area (Å²) in [6.45, 7) is 2.13. The number of hydrogen-bond donors (Lipinski definition) is 1. The molecule has 0 aliphatic heterocycles. The van der Waals surface area contributed by atoms with Gasteiger partial charge in [0.15, 0.2) is 0 Å². The predicted octanol–water partition coefficient (Wildman–Crippen LogP) is 2.34. The summed E-state index contributed by atoms with van der Waals surface area (Å²) in [6, 6.07) is 0. The van der Waals surface area contributed by atoms with Gasteiger partial charge in [-0.05, 0) is 25.2 Å². The Morgan fingerprint density at radius 1 is 1.40 bits per heavy atom. The Morgan fingerprint density at radius 2 is 2.10 bits per heavy atom. The lowest BCUT2D eigenvalue weighted by Crippen LogP contribution is -2.05. The van der Waals surface area contributed by atoms with Gasteiger partial charge in [-0.1, -0.05) is 26.2 Å². The molecule has 0 unspecified atom stereocenters. The van der Waals surface area contributed by atoms with Crippen LogP contribution in [0, 0.1) is 5.92 Å². The second-order valence-corrected chi connectivity index (χ2v) is 3.46. The predicted molar refractivity (Wildman–Crippen MR) is 42.9 cm³/mol. The molecule has 0 spiro atoms. The van der Waals surface area contributed by atoms with Crippen molar-refractivity contribution in [2.75, 3.05) is 0 Å². The molecule has 0 amide bonds. The maximum Gasteiger partial charge on any atom is 0.0540 e. The van der Waals surface area contributed by atoms with Gasteiger partial charge in [0, 0.05) is 0 Å². The molecule has 0 heterocycles. The summed E-state index contributed by atoms with van der Waals surface area (Å²) in [5.74, 6) is 0.978. The van der Waals surface area contributed by atoms with Gasteiger partial charge in [0.1, 0.15) is 0 Å². The van der Waals surface area contributed by atoms with E-state index in [-0.39, 0.29) is 6.10 Å². The summed E-state index contributed by atoms with van der Waals surface area (Å²) < 4.78 is 0. The highest BCUT2D eigenvalue weighted by Gasteiger charge is 2.21. The summed E-state index contributed by atoms with van der Waals surface area (Å²) >= 11 is 0. The molecule has 1 heteroatoms. The van der Waals surface area contributed by atoms with Crippen LogP contribution < -0.4 is 0 Å². The lowest BCUT2D eigenvalue weighted by Gasteiger charge is -2.06. The van der Waals surface area contributed by atoms with Gasteiger partial charge >= 0.3 is 0 Å². The van der Waals surface area contributed by atoms with E-state index in [4.69, 9.17) is 0 Å². The minimum absolute atomic E-state index is 0.00870. The number of hydrogen-bond acceptors (Lipinski definition) is 1. The van der Waals surface area contributed by atoms with Crippen molar-refractivity contribution in [2.45, 2.75) is 51.6 Å². The molecule has 0 radical (unpaired) electrons. The van der Waals surface area contributed by atoms with Crippen molar-refractivity contribution in [3.05, 3.63) is 0 Å². The van der Waals surface area contributed by atoms with Gasteiger partial charge in [0.05, 0.1) is 6.10 Å². The van der Waals surface area contributed by atoms with Crippen LogP contribution in [0.1, 0.15) is 45.4 Å². The number of rotatable bonds is 5. The fourth-order valence-electron chi connectivity index (χ4n) is 1.31. The first kappa shape index (κ1) is 8.06. The Labute approximate surface area is 63.4 Å². The van der Waals surface area contributed by atoms with Crippen LogP contribution in [0.2, 0.25) is 0 Å². The third-order valence-electron chi connectivity index (χ3n) is 2.23. The molecule has 1 N–H and O–H groups in total. The van der Waals surface area contributed by atoms with Crippen molar-refractivity contribution in [1.82, 2.24) is 0 Å².